The first-order valence-electron chi connectivity index (χ1n) is 8.66. The Morgan fingerprint density at radius 3 is 2.48 bits per heavy atom. The van der Waals surface area contributed by atoms with E-state index in [9.17, 15) is 9.59 Å². The van der Waals surface area contributed by atoms with Gasteiger partial charge in [0, 0.05) is 20.6 Å². The predicted molar refractivity (Wildman–Crippen MR) is 105 cm³/mol. The summed E-state index contributed by atoms with van der Waals surface area (Å²) in [6, 6.07) is 7.51. The molecule has 0 amide bonds. The number of nitrogens with zero attached hydrogens (tertiary/aromatic N) is 5. The van der Waals surface area contributed by atoms with Crippen molar-refractivity contribution >= 4 is 23.3 Å². The number of aryl methyl sites for hydroxylation is 2. The summed E-state index contributed by atoms with van der Waals surface area (Å²) in [6.45, 7) is 4.95. The molecule has 0 aliphatic rings. The maximum absolute atomic E-state index is 12.5. The van der Waals surface area contributed by atoms with Crippen LogP contribution in [0.4, 0.5) is 5.95 Å². The van der Waals surface area contributed by atoms with Gasteiger partial charge in [0.2, 0.25) is 5.95 Å². The highest BCUT2D eigenvalue weighted by atomic mass is 16.5. The third-order valence-corrected chi connectivity index (χ3v) is 4.23. The van der Waals surface area contributed by atoms with E-state index in [1.165, 1.54) is 11.6 Å². The van der Waals surface area contributed by atoms with Crippen molar-refractivity contribution in [3.8, 4) is 5.75 Å². The lowest BCUT2D eigenvalue weighted by Gasteiger charge is -2.06. The summed E-state index contributed by atoms with van der Waals surface area (Å²) >= 11 is 0. The second-order valence-corrected chi connectivity index (χ2v) is 5.93. The van der Waals surface area contributed by atoms with E-state index in [1.54, 1.807) is 17.8 Å². The zero-order valence-corrected chi connectivity index (χ0v) is 15.8. The van der Waals surface area contributed by atoms with Crippen LogP contribution in [0.25, 0.3) is 11.2 Å². The average Bonchev–Trinajstić information content (AvgIpc) is 3.05. The van der Waals surface area contributed by atoms with E-state index in [0.29, 0.717) is 30.3 Å². The van der Waals surface area contributed by atoms with Crippen molar-refractivity contribution in [1.82, 2.24) is 18.7 Å². The predicted octanol–water partition coefficient (Wildman–Crippen LogP) is 1.30. The fraction of sp³-hybridized carbons (Fsp3) is 0.333. The normalized spacial score (nSPS) is 11.4. The number of hydrazone groups is 1. The Morgan fingerprint density at radius 1 is 1.15 bits per heavy atom. The minimum absolute atomic E-state index is 0.323. The Labute approximate surface area is 155 Å². The van der Waals surface area contributed by atoms with Gasteiger partial charge in [-0.25, -0.2) is 10.2 Å². The molecule has 2 aromatic heterocycles. The van der Waals surface area contributed by atoms with Gasteiger partial charge in [-0.15, -0.1) is 0 Å². The van der Waals surface area contributed by atoms with Crippen molar-refractivity contribution in [1.29, 1.82) is 0 Å². The fourth-order valence-corrected chi connectivity index (χ4v) is 2.82. The van der Waals surface area contributed by atoms with Crippen LogP contribution in [0, 0.1) is 0 Å². The van der Waals surface area contributed by atoms with Gasteiger partial charge in [0.25, 0.3) is 5.56 Å². The molecule has 0 radical (unpaired) electrons. The van der Waals surface area contributed by atoms with Crippen molar-refractivity contribution in [2.75, 3.05) is 12.0 Å². The number of fused-ring (bicyclic) bond motifs is 1. The van der Waals surface area contributed by atoms with E-state index in [1.807, 2.05) is 38.1 Å². The maximum atomic E-state index is 12.5. The molecule has 0 aliphatic carbocycles. The van der Waals surface area contributed by atoms with E-state index in [-0.39, 0.29) is 5.56 Å². The van der Waals surface area contributed by atoms with Gasteiger partial charge >= 0.3 is 5.69 Å². The van der Waals surface area contributed by atoms with Crippen LogP contribution in [-0.2, 0) is 20.6 Å². The summed E-state index contributed by atoms with van der Waals surface area (Å²) in [7, 11) is 3.04. The maximum Gasteiger partial charge on any atom is 0.332 e. The number of ether oxygens (including phenoxy) is 1. The second-order valence-electron chi connectivity index (χ2n) is 5.93. The number of imidazole rings is 1. The Hall–Kier alpha value is -3.36. The molecule has 3 rings (SSSR count). The molecule has 0 bridgehead atoms. The summed E-state index contributed by atoms with van der Waals surface area (Å²) in [4.78, 5) is 29.0. The van der Waals surface area contributed by atoms with Gasteiger partial charge in [0.15, 0.2) is 11.2 Å². The zero-order chi connectivity index (χ0) is 19.6. The van der Waals surface area contributed by atoms with Crippen molar-refractivity contribution in [3.63, 3.8) is 0 Å². The van der Waals surface area contributed by atoms with Crippen molar-refractivity contribution in [2.24, 2.45) is 19.2 Å². The largest absolute Gasteiger partial charge is 0.494 e. The number of hydrogen-bond donors (Lipinski definition) is 1. The molecule has 0 spiro atoms. The molecule has 27 heavy (non-hydrogen) atoms. The topological polar surface area (TPSA) is 95.4 Å². The van der Waals surface area contributed by atoms with Gasteiger partial charge in [0.1, 0.15) is 5.75 Å². The van der Waals surface area contributed by atoms with Crippen LogP contribution in [0.5, 0.6) is 5.75 Å². The minimum Gasteiger partial charge on any atom is -0.494 e. The fourth-order valence-electron chi connectivity index (χ4n) is 2.82. The molecule has 1 aromatic carbocycles. The standard InChI is InChI=1S/C18H22N6O3/c1-5-24-14-15(22(3)18(26)23(4)16(14)25)20-17(24)21-19-11-12-7-9-13(10-8-12)27-6-2/h7-11H,5-6H2,1-4H3,(H,20,21)/b19-11-. The molecule has 9 heteroatoms. The SMILES string of the molecule is CCOc1ccc(/C=N\Nc2nc3c(c(=O)n(C)c(=O)n3C)n2CC)cc1. The Morgan fingerprint density at radius 2 is 1.85 bits per heavy atom. The molecule has 0 aliphatic heterocycles. The lowest BCUT2D eigenvalue weighted by molar-refractivity contribution is 0.340. The van der Waals surface area contributed by atoms with Crippen LogP contribution < -0.4 is 21.4 Å². The van der Waals surface area contributed by atoms with E-state index < -0.39 is 5.69 Å². The number of anilines is 1. The minimum atomic E-state index is -0.419. The third kappa shape index (κ3) is 3.35. The lowest BCUT2D eigenvalue weighted by Crippen LogP contribution is -2.37. The number of rotatable bonds is 6. The molecular weight excluding hydrogens is 348 g/mol. The first-order valence-corrected chi connectivity index (χ1v) is 8.66. The van der Waals surface area contributed by atoms with Crippen LogP contribution in [0.15, 0.2) is 39.0 Å². The van der Waals surface area contributed by atoms with Crippen molar-refractivity contribution in [2.45, 2.75) is 20.4 Å². The molecule has 142 valence electrons. The van der Waals surface area contributed by atoms with E-state index in [2.05, 4.69) is 15.5 Å². The number of aromatic nitrogens is 4. The number of nitrogens with one attached hydrogen (secondary N) is 1. The highest BCUT2D eigenvalue weighted by Gasteiger charge is 2.17. The summed E-state index contributed by atoms with van der Waals surface area (Å²) in [5, 5.41) is 4.20. The highest BCUT2D eigenvalue weighted by Crippen LogP contribution is 2.15. The second kappa shape index (κ2) is 7.48. The molecule has 0 saturated carbocycles. The van der Waals surface area contributed by atoms with Gasteiger partial charge < -0.3 is 9.30 Å². The monoisotopic (exact) mass is 370 g/mol. The van der Waals surface area contributed by atoms with E-state index in [4.69, 9.17) is 4.74 Å². The average molecular weight is 370 g/mol. The van der Waals surface area contributed by atoms with Gasteiger partial charge in [-0.1, -0.05) is 0 Å². The molecule has 9 nitrogen and oxygen atoms in total. The smallest absolute Gasteiger partial charge is 0.332 e. The molecule has 2 heterocycles. The molecule has 1 N–H and O–H groups in total. The molecule has 0 unspecified atom stereocenters. The van der Waals surface area contributed by atoms with E-state index >= 15 is 0 Å². The number of hydrogen-bond acceptors (Lipinski definition) is 6. The van der Waals surface area contributed by atoms with Crippen molar-refractivity contribution in [3.05, 3.63) is 50.7 Å². The van der Waals surface area contributed by atoms with Gasteiger partial charge in [-0.05, 0) is 43.7 Å². The van der Waals surface area contributed by atoms with Crippen LogP contribution in [-0.4, -0.2) is 31.5 Å². The Kier molecular flexibility index (Phi) is 5.11. The Bertz CT molecular complexity index is 1110. The molecular formula is C18H22N6O3. The summed E-state index contributed by atoms with van der Waals surface area (Å²) in [6.07, 6.45) is 1.65. The van der Waals surface area contributed by atoms with E-state index in [0.717, 1.165) is 15.9 Å². The first-order chi connectivity index (χ1) is 13.0. The first kappa shape index (κ1) is 18.4. The molecule has 0 atom stereocenters. The molecule has 3 aromatic rings. The number of benzene rings is 1. The Balaban J connectivity index is 1.93. The van der Waals surface area contributed by atoms with Gasteiger partial charge in [-0.3, -0.25) is 13.9 Å². The molecule has 0 saturated heterocycles. The zero-order valence-electron chi connectivity index (χ0n) is 15.8. The van der Waals surface area contributed by atoms with Crippen LogP contribution in [0.3, 0.4) is 0 Å². The molecule has 0 fully saturated rings. The quantitative estimate of drug-likeness (QED) is 0.521. The lowest BCUT2D eigenvalue weighted by atomic mass is 10.2. The van der Waals surface area contributed by atoms with Crippen LogP contribution >= 0.6 is 0 Å². The van der Waals surface area contributed by atoms with Gasteiger partial charge in [-0.2, -0.15) is 10.1 Å². The third-order valence-electron chi connectivity index (χ3n) is 4.23. The highest BCUT2D eigenvalue weighted by molar-refractivity contribution is 5.80. The summed E-state index contributed by atoms with van der Waals surface area (Å²) in [5.74, 6) is 1.19. The summed E-state index contributed by atoms with van der Waals surface area (Å²) in [5.41, 5.74) is 3.63. The van der Waals surface area contributed by atoms with Crippen LogP contribution in [0.2, 0.25) is 0 Å². The van der Waals surface area contributed by atoms with Crippen molar-refractivity contribution < 1.29 is 4.74 Å². The summed E-state index contributed by atoms with van der Waals surface area (Å²) < 4.78 is 9.53. The van der Waals surface area contributed by atoms with Gasteiger partial charge in [0.05, 0.1) is 12.8 Å². The van der Waals surface area contributed by atoms with Crippen LogP contribution in [0.1, 0.15) is 19.4 Å².